The van der Waals surface area contributed by atoms with Crippen molar-refractivity contribution < 1.29 is 5.11 Å². The molecule has 3 N–H and O–H groups in total. The molecule has 102 valence electrons. The third-order valence-electron chi connectivity index (χ3n) is 3.45. The molecule has 3 nitrogen and oxygen atoms in total. The highest BCUT2D eigenvalue weighted by molar-refractivity contribution is 5.36. The summed E-state index contributed by atoms with van der Waals surface area (Å²) >= 11 is 0. The molecular weight excluding hydrogens is 236 g/mol. The Hall–Kier alpha value is -1.34. The van der Waals surface area contributed by atoms with Crippen molar-refractivity contribution in [1.29, 1.82) is 0 Å². The van der Waals surface area contributed by atoms with Gasteiger partial charge in [0.2, 0.25) is 0 Å². The Labute approximate surface area is 115 Å². The van der Waals surface area contributed by atoms with Crippen LogP contribution in [0.4, 0.5) is 0 Å². The van der Waals surface area contributed by atoms with E-state index >= 15 is 0 Å². The number of benzene rings is 1. The molecule has 1 aromatic carbocycles. The van der Waals surface area contributed by atoms with Crippen LogP contribution in [0.5, 0.6) is 0 Å². The maximum Gasteiger partial charge on any atom is 0.0746 e. The van der Waals surface area contributed by atoms with E-state index in [1.54, 1.807) is 0 Å². The third-order valence-corrected chi connectivity index (χ3v) is 3.45. The topological polar surface area (TPSA) is 49.5 Å². The van der Waals surface area contributed by atoms with Crippen LogP contribution in [0, 0.1) is 11.8 Å². The first-order valence-electron chi connectivity index (χ1n) is 6.82. The van der Waals surface area contributed by atoms with E-state index < -0.39 is 5.60 Å². The van der Waals surface area contributed by atoms with Crippen LogP contribution in [0.1, 0.15) is 30.9 Å². The average molecular weight is 258 g/mol. The largest absolute Gasteiger partial charge is 0.389 e. The van der Waals surface area contributed by atoms with E-state index in [-0.39, 0.29) is 0 Å². The minimum atomic E-state index is -0.537. The smallest absolute Gasteiger partial charge is 0.0746 e. The maximum absolute atomic E-state index is 10.1. The summed E-state index contributed by atoms with van der Waals surface area (Å²) in [5.41, 5.74) is 7.07. The Morgan fingerprint density at radius 1 is 1.37 bits per heavy atom. The van der Waals surface area contributed by atoms with Crippen molar-refractivity contribution in [3.63, 3.8) is 0 Å². The van der Waals surface area contributed by atoms with Gasteiger partial charge in [0, 0.05) is 18.7 Å². The fourth-order valence-corrected chi connectivity index (χ4v) is 2.56. The summed E-state index contributed by atoms with van der Waals surface area (Å²) in [7, 11) is 0. The van der Waals surface area contributed by atoms with Crippen molar-refractivity contribution in [2.75, 3.05) is 19.6 Å². The Morgan fingerprint density at radius 3 is 2.74 bits per heavy atom. The second kappa shape index (κ2) is 6.21. The van der Waals surface area contributed by atoms with Crippen LogP contribution < -0.4 is 5.73 Å². The van der Waals surface area contributed by atoms with Gasteiger partial charge in [-0.1, -0.05) is 24.0 Å². The average Bonchev–Trinajstić information content (AvgIpc) is 2.37. The fourth-order valence-electron chi connectivity index (χ4n) is 2.56. The summed E-state index contributed by atoms with van der Waals surface area (Å²) in [4.78, 5) is 2.31. The van der Waals surface area contributed by atoms with Gasteiger partial charge in [0.25, 0.3) is 0 Å². The molecule has 0 bridgehead atoms. The first-order valence-corrected chi connectivity index (χ1v) is 6.82. The van der Waals surface area contributed by atoms with Crippen LogP contribution in [-0.4, -0.2) is 35.2 Å². The second-order valence-electron chi connectivity index (χ2n) is 5.51. The van der Waals surface area contributed by atoms with Crippen LogP contribution in [0.25, 0.3) is 0 Å². The Balaban J connectivity index is 1.96. The number of piperidine rings is 1. The van der Waals surface area contributed by atoms with Crippen molar-refractivity contribution in [3.05, 3.63) is 35.4 Å². The highest BCUT2D eigenvalue weighted by Gasteiger charge is 2.27. The van der Waals surface area contributed by atoms with Gasteiger partial charge in [0.05, 0.1) is 12.1 Å². The first-order chi connectivity index (χ1) is 9.09. The van der Waals surface area contributed by atoms with E-state index in [4.69, 9.17) is 5.73 Å². The molecule has 0 aliphatic carbocycles. The van der Waals surface area contributed by atoms with E-state index in [0.29, 0.717) is 6.54 Å². The van der Waals surface area contributed by atoms with E-state index in [0.717, 1.165) is 38.0 Å². The summed E-state index contributed by atoms with van der Waals surface area (Å²) in [6, 6.07) is 8.26. The van der Waals surface area contributed by atoms with Gasteiger partial charge in [-0.3, -0.25) is 4.90 Å². The van der Waals surface area contributed by atoms with Gasteiger partial charge in [-0.15, -0.1) is 0 Å². The van der Waals surface area contributed by atoms with Crippen molar-refractivity contribution >= 4 is 0 Å². The normalized spacial score (nSPS) is 23.7. The van der Waals surface area contributed by atoms with Gasteiger partial charge in [-0.2, -0.15) is 0 Å². The SMILES string of the molecule is CC1(O)CCCN(Cc2ccc(C#CCN)cc2)C1. The minimum Gasteiger partial charge on any atom is -0.389 e. The lowest BCUT2D eigenvalue weighted by atomic mass is 9.95. The molecule has 1 atom stereocenters. The number of hydrogen-bond donors (Lipinski definition) is 2. The number of likely N-dealkylation sites (tertiary alicyclic amines) is 1. The predicted molar refractivity (Wildman–Crippen MR) is 77.5 cm³/mol. The Bertz CT molecular complexity index is 468. The molecule has 1 aromatic rings. The van der Waals surface area contributed by atoms with Crippen molar-refractivity contribution in [2.24, 2.45) is 5.73 Å². The molecule has 0 saturated carbocycles. The van der Waals surface area contributed by atoms with Gasteiger partial charge < -0.3 is 10.8 Å². The van der Waals surface area contributed by atoms with Gasteiger partial charge in [0.1, 0.15) is 0 Å². The number of nitrogens with two attached hydrogens (primary N) is 1. The molecule has 1 fully saturated rings. The van der Waals surface area contributed by atoms with Crippen LogP contribution in [0.3, 0.4) is 0 Å². The zero-order valence-electron chi connectivity index (χ0n) is 11.5. The molecule has 19 heavy (non-hydrogen) atoms. The fraction of sp³-hybridized carbons (Fsp3) is 0.500. The predicted octanol–water partition coefficient (Wildman–Crippen LogP) is 1.34. The number of β-amino-alcohol motifs (C(OH)–C–C–N with tert-alkyl or cyclic N) is 1. The van der Waals surface area contributed by atoms with E-state index in [9.17, 15) is 5.11 Å². The molecule has 3 heteroatoms. The van der Waals surface area contributed by atoms with Gasteiger partial charge in [0.15, 0.2) is 0 Å². The number of rotatable bonds is 2. The lowest BCUT2D eigenvalue weighted by Gasteiger charge is -2.36. The minimum absolute atomic E-state index is 0.393. The van der Waals surface area contributed by atoms with Gasteiger partial charge >= 0.3 is 0 Å². The van der Waals surface area contributed by atoms with E-state index in [1.165, 1.54) is 5.56 Å². The highest BCUT2D eigenvalue weighted by atomic mass is 16.3. The molecule has 2 rings (SSSR count). The Morgan fingerprint density at radius 2 is 2.11 bits per heavy atom. The van der Waals surface area contributed by atoms with Crippen molar-refractivity contribution in [2.45, 2.75) is 31.9 Å². The molecule has 0 radical (unpaired) electrons. The third kappa shape index (κ3) is 4.36. The lowest BCUT2D eigenvalue weighted by Crippen LogP contribution is -2.45. The molecule has 1 unspecified atom stereocenters. The van der Waals surface area contributed by atoms with Gasteiger partial charge in [-0.05, 0) is 44.0 Å². The van der Waals surface area contributed by atoms with E-state index in [2.05, 4.69) is 28.9 Å². The summed E-state index contributed by atoms with van der Waals surface area (Å²) in [6.07, 6.45) is 1.96. The van der Waals surface area contributed by atoms with Crippen molar-refractivity contribution in [3.8, 4) is 11.8 Å². The van der Waals surface area contributed by atoms with Gasteiger partial charge in [-0.25, -0.2) is 0 Å². The second-order valence-corrected chi connectivity index (χ2v) is 5.51. The standard InChI is InChI=1S/C16H22N2O/c1-16(19)9-3-11-18(13-16)12-15-7-5-14(6-8-15)4-2-10-17/h5-8,19H,3,9-13,17H2,1H3. The van der Waals surface area contributed by atoms with Crippen LogP contribution in [0.2, 0.25) is 0 Å². The maximum atomic E-state index is 10.1. The molecular formula is C16H22N2O. The van der Waals surface area contributed by atoms with Crippen LogP contribution >= 0.6 is 0 Å². The summed E-state index contributed by atoms with van der Waals surface area (Å²) in [6.45, 7) is 5.02. The summed E-state index contributed by atoms with van der Waals surface area (Å²) in [5.74, 6) is 5.87. The molecule has 1 aliphatic rings. The number of hydrogen-bond acceptors (Lipinski definition) is 3. The summed E-state index contributed by atoms with van der Waals surface area (Å²) in [5, 5.41) is 10.1. The zero-order chi connectivity index (χ0) is 13.7. The van der Waals surface area contributed by atoms with Crippen molar-refractivity contribution in [1.82, 2.24) is 4.90 Å². The quantitative estimate of drug-likeness (QED) is 0.787. The molecule has 0 amide bonds. The molecule has 0 aromatic heterocycles. The monoisotopic (exact) mass is 258 g/mol. The zero-order valence-corrected chi connectivity index (χ0v) is 11.5. The highest BCUT2D eigenvalue weighted by Crippen LogP contribution is 2.21. The summed E-state index contributed by atoms with van der Waals surface area (Å²) < 4.78 is 0. The van der Waals surface area contributed by atoms with Crippen LogP contribution in [0.15, 0.2) is 24.3 Å². The molecule has 1 heterocycles. The van der Waals surface area contributed by atoms with Crippen LogP contribution in [-0.2, 0) is 6.54 Å². The Kier molecular flexibility index (Phi) is 4.60. The molecule has 1 aliphatic heterocycles. The lowest BCUT2D eigenvalue weighted by molar-refractivity contribution is -0.0181. The number of aliphatic hydroxyl groups is 1. The molecule has 1 saturated heterocycles. The number of nitrogens with zero attached hydrogens (tertiary/aromatic N) is 1. The van der Waals surface area contributed by atoms with E-state index in [1.807, 2.05) is 19.1 Å². The first kappa shape index (κ1) is 14.1. The molecule has 0 spiro atoms.